The molecule has 2 aromatic rings. The highest BCUT2D eigenvalue weighted by Gasteiger charge is 2.21. The van der Waals surface area contributed by atoms with E-state index in [0.717, 1.165) is 11.3 Å². The van der Waals surface area contributed by atoms with Crippen molar-refractivity contribution < 1.29 is 17.9 Å². The van der Waals surface area contributed by atoms with Crippen molar-refractivity contribution in [2.45, 2.75) is 18.2 Å². The van der Waals surface area contributed by atoms with Gasteiger partial charge in [-0.1, -0.05) is 34.1 Å². The zero-order chi connectivity index (χ0) is 19.2. The molecule has 1 atom stereocenters. The summed E-state index contributed by atoms with van der Waals surface area (Å²) in [6, 6.07) is 13.6. The van der Waals surface area contributed by atoms with E-state index in [9.17, 15) is 13.2 Å². The Labute approximate surface area is 161 Å². The summed E-state index contributed by atoms with van der Waals surface area (Å²) in [4.78, 5) is 11.9. The van der Waals surface area contributed by atoms with Crippen LogP contribution in [0.25, 0.3) is 0 Å². The van der Waals surface area contributed by atoms with Crippen LogP contribution in [0.2, 0.25) is 0 Å². The monoisotopic (exact) mass is 440 g/mol. The minimum absolute atomic E-state index is 0.0720. The van der Waals surface area contributed by atoms with E-state index in [4.69, 9.17) is 10.5 Å². The van der Waals surface area contributed by atoms with Crippen molar-refractivity contribution in [2.75, 3.05) is 13.2 Å². The molecule has 0 unspecified atom stereocenters. The first-order chi connectivity index (χ1) is 12.3. The predicted octanol–water partition coefficient (Wildman–Crippen LogP) is 2.47. The molecule has 26 heavy (non-hydrogen) atoms. The van der Waals surface area contributed by atoms with E-state index >= 15 is 0 Å². The van der Waals surface area contributed by atoms with Crippen LogP contribution in [0.3, 0.4) is 0 Å². The van der Waals surface area contributed by atoms with Gasteiger partial charge >= 0.3 is 0 Å². The number of halogens is 1. The number of nitrogens with one attached hydrogen (secondary N) is 1. The number of benzene rings is 2. The number of primary amides is 1. The SMILES string of the molecule is CCOc1ccc(C[C@H](CNS(=O)(=O)c2cccc(Br)c2)C(N)=O)cc1. The quantitative estimate of drug-likeness (QED) is 0.625. The third-order valence-corrected chi connectivity index (χ3v) is 5.66. The summed E-state index contributed by atoms with van der Waals surface area (Å²) < 4.78 is 33.3. The van der Waals surface area contributed by atoms with Gasteiger partial charge in [0, 0.05) is 11.0 Å². The summed E-state index contributed by atoms with van der Waals surface area (Å²) in [5.74, 6) is -0.479. The fourth-order valence-corrected chi connectivity index (χ4v) is 4.05. The van der Waals surface area contributed by atoms with Gasteiger partial charge in [-0.2, -0.15) is 0 Å². The maximum atomic E-state index is 12.4. The van der Waals surface area contributed by atoms with E-state index in [0.29, 0.717) is 17.5 Å². The minimum Gasteiger partial charge on any atom is -0.494 e. The molecule has 0 aliphatic carbocycles. The number of carbonyl (C=O) groups is 1. The largest absolute Gasteiger partial charge is 0.494 e. The first kappa shape index (κ1) is 20.4. The number of hydrogen-bond donors (Lipinski definition) is 2. The van der Waals surface area contributed by atoms with Crippen LogP contribution < -0.4 is 15.2 Å². The van der Waals surface area contributed by atoms with Gasteiger partial charge in [-0.05, 0) is 49.2 Å². The maximum absolute atomic E-state index is 12.4. The fourth-order valence-electron chi connectivity index (χ4n) is 2.37. The van der Waals surface area contributed by atoms with Crippen LogP contribution in [0.15, 0.2) is 57.9 Å². The number of hydrogen-bond acceptors (Lipinski definition) is 4. The zero-order valence-corrected chi connectivity index (χ0v) is 16.7. The molecule has 0 radical (unpaired) electrons. The summed E-state index contributed by atoms with van der Waals surface area (Å²) in [5.41, 5.74) is 6.32. The Hall–Kier alpha value is -1.90. The summed E-state index contributed by atoms with van der Waals surface area (Å²) >= 11 is 3.24. The molecule has 0 aromatic heterocycles. The number of rotatable bonds is 9. The van der Waals surface area contributed by atoms with E-state index < -0.39 is 21.8 Å². The summed E-state index contributed by atoms with van der Waals surface area (Å²) in [6.45, 7) is 2.40. The van der Waals surface area contributed by atoms with Gasteiger partial charge in [0.1, 0.15) is 5.75 Å². The lowest BCUT2D eigenvalue weighted by atomic mass is 9.99. The molecule has 2 aromatic carbocycles. The summed E-state index contributed by atoms with van der Waals surface area (Å²) in [5, 5.41) is 0. The van der Waals surface area contributed by atoms with Crippen LogP contribution in [-0.4, -0.2) is 27.5 Å². The highest BCUT2D eigenvalue weighted by molar-refractivity contribution is 9.10. The normalized spacial score (nSPS) is 12.5. The van der Waals surface area contributed by atoms with E-state index in [1.165, 1.54) is 12.1 Å². The fraction of sp³-hybridized carbons (Fsp3) is 0.278. The second-order valence-electron chi connectivity index (χ2n) is 5.69. The molecule has 2 rings (SSSR count). The van der Waals surface area contributed by atoms with E-state index in [-0.39, 0.29) is 11.4 Å². The molecule has 0 bridgehead atoms. The van der Waals surface area contributed by atoms with Crippen LogP contribution in [0.1, 0.15) is 12.5 Å². The standard InChI is InChI=1S/C18H21BrN2O4S/c1-2-25-16-8-6-13(7-9-16)10-14(18(20)22)12-21-26(23,24)17-5-3-4-15(19)11-17/h3-9,11,14,21H,2,10,12H2,1H3,(H2,20,22)/t14-/m1/s1. The first-order valence-electron chi connectivity index (χ1n) is 8.08. The molecule has 0 heterocycles. The van der Waals surface area contributed by atoms with Gasteiger partial charge in [0.05, 0.1) is 17.4 Å². The van der Waals surface area contributed by atoms with Gasteiger partial charge in [-0.25, -0.2) is 13.1 Å². The van der Waals surface area contributed by atoms with Gasteiger partial charge in [0.25, 0.3) is 0 Å². The van der Waals surface area contributed by atoms with Crippen LogP contribution in [0.4, 0.5) is 0 Å². The molecule has 6 nitrogen and oxygen atoms in total. The molecule has 0 saturated carbocycles. The number of amides is 1. The van der Waals surface area contributed by atoms with E-state index in [2.05, 4.69) is 20.7 Å². The number of nitrogens with two attached hydrogens (primary N) is 1. The van der Waals surface area contributed by atoms with Gasteiger partial charge in [-0.3, -0.25) is 4.79 Å². The van der Waals surface area contributed by atoms with Crippen molar-refractivity contribution >= 4 is 31.9 Å². The molecular formula is C18H21BrN2O4S. The Morgan fingerprint density at radius 2 is 1.92 bits per heavy atom. The van der Waals surface area contributed by atoms with Crippen molar-refractivity contribution in [1.82, 2.24) is 4.72 Å². The average Bonchev–Trinajstić information content (AvgIpc) is 2.60. The number of sulfonamides is 1. The Bertz CT molecular complexity index is 854. The van der Waals surface area contributed by atoms with Crippen molar-refractivity contribution in [1.29, 1.82) is 0 Å². The molecule has 0 spiro atoms. The van der Waals surface area contributed by atoms with Crippen LogP contribution in [0.5, 0.6) is 5.75 Å². The minimum atomic E-state index is -3.73. The number of ether oxygens (including phenoxy) is 1. The molecule has 0 aliphatic heterocycles. The average molecular weight is 441 g/mol. The molecular weight excluding hydrogens is 420 g/mol. The Morgan fingerprint density at radius 1 is 1.23 bits per heavy atom. The van der Waals surface area contributed by atoms with Crippen molar-refractivity contribution in [2.24, 2.45) is 11.7 Å². The van der Waals surface area contributed by atoms with Crippen LogP contribution in [0, 0.1) is 5.92 Å². The molecule has 140 valence electrons. The van der Waals surface area contributed by atoms with Crippen LogP contribution >= 0.6 is 15.9 Å². The second-order valence-corrected chi connectivity index (χ2v) is 8.37. The molecule has 8 heteroatoms. The predicted molar refractivity (Wildman–Crippen MR) is 103 cm³/mol. The van der Waals surface area contributed by atoms with Crippen molar-refractivity contribution in [3.63, 3.8) is 0 Å². The molecule has 1 amide bonds. The van der Waals surface area contributed by atoms with Crippen LogP contribution in [-0.2, 0) is 21.2 Å². The maximum Gasteiger partial charge on any atom is 0.240 e. The van der Waals surface area contributed by atoms with Gasteiger partial charge in [0.15, 0.2) is 0 Å². The van der Waals surface area contributed by atoms with Crippen molar-refractivity contribution in [3.05, 3.63) is 58.6 Å². The Morgan fingerprint density at radius 3 is 2.50 bits per heavy atom. The lowest BCUT2D eigenvalue weighted by molar-refractivity contribution is -0.121. The lowest BCUT2D eigenvalue weighted by Crippen LogP contribution is -2.37. The molecule has 0 aliphatic rings. The molecule has 3 N–H and O–H groups in total. The molecule has 0 saturated heterocycles. The Balaban J connectivity index is 2.05. The lowest BCUT2D eigenvalue weighted by Gasteiger charge is -2.15. The number of carbonyl (C=O) groups excluding carboxylic acids is 1. The van der Waals surface area contributed by atoms with Gasteiger partial charge < -0.3 is 10.5 Å². The van der Waals surface area contributed by atoms with Crippen molar-refractivity contribution in [3.8, 4) is 5.75 Å². The van der Waals surface area contributed by atoms with Gasteiger partial charge in [-0.15, -0.1) is 0 Å². The topological polar surface area (TPSA) is 98.5 Å². The Kier molecular flexibility index (Phi) is 7.19. The smallest absolute Gasteiger partial charge is 0.240 e. The molecule has 0 fully saturated rings. The van der Waals surface area contributed by atoms with E-state index in [1.807, 2.05) is 31.2 Å². The highest BCUT2D eigenvalue weighted by Crippen LogP contribution is 2.18. The summed E-state index contributed by atoms with van der Waals surface area (Å²) in [7, 11) is -3.73. The highest BCUT2D eigenvalue weighted by atomic mass is 79.9. The first-order valence-corrected chi connectivity index (χ1v) is 10.4. The third kappa shape index (κ3) is 5.82. The van der Waals surface area contributed by atoms with E-state index in [1.54, 1.807) is 12.1 Å². The summed E-state index contributed by atoms with van der Waals surface area (Å²) in [6.07, 6.45) is 0.336. The van der Waals surface area contributed by atoms with Gasteiger partial charge in [0.2, 0.25) is 15.9 Å². The second kappa shape index (κ2) is 9.16. The third-order valence-electron chi connectivity index (χ3n) is 3.74. The zero-order valence-electron chi connectivity index (χ0n) is 14.3.